The molecule has 4 heteroatoms. The third kappa shape index (κ3) is 4.65. The molecule has 1 rings (SSSR count). The number of benzene rings is 1. The van der Waals surface area contributed by atoms with Gasteiger partial charge in [-0.1, -0.05) is 38.1 Å². The van der Waals surface area contributed by atoms with Gasteiger partial charge < -0.3 is 14.9 Å². The van der Waals surface area contributed by atoms with Gasteiger partial charge in [0.05, 0.1) is 6.61 Å². The van der Waals surface area contributed by atoms with Crippen LogP contribution in [-0.4, -0.2) is 28.9 Å². The Bertz CT molecular complexity index is 397. The number of ether oxygens (including phenoxy) is 1. The van der Waals surface area contributed by atoms with E-state index in [0.717, 1.165) is 12.0 Å². The highest BCUT2D eigenvalue weighted by Crippen LogP contribution is 2.19. The minimum Gasteiger partial charge on any atom is -0.464 e. The highest BCUT2D eigenvalue weighted by molar-refractivity contribution is 5.75. The predicted molar refractivity (Wildman–Crippen MR) is 72.6 cm³/mol. The van der Waals surface area contributed by atoms with Gasteiger partial charge in [0.15, 0.2) is 6.10 Å². The summed E-state index contributed by atoms with van der Waals surface area (Å²) < 4.78 is 4.67. The van der Waals surface area contributed by atoms with Crippen LogP contribution in [0.3, 0.4) is 0 Å². The number of hydrogen-bond donors (Lipinski definition) is 2. The monoisotopic (exact) mass is 266 g/mol. The van der Waals surface area contributed by atoms with Crippen LogP contribution >= 0.6 is 0 Å². The molecule has 0 spiro atoms. The number of esters is 1. The zero-order valence-corrected chi connectivity index (χ0v) is 11.7. The molecule has 0 saturated heterocycles. The molecule has 0 bridgehead atoms. The lowest BCUT2D eigenvalue weighted by Gasteiger charge is -2.17. The predicted octanol–water partition coefficient (Wildman–Crippen LogP) is 1.84. The number of rotatable bonds is 6. The SMILES string of the molecule is CCOC(=O)C(O)C(O)c1ccc(CC(C)C)cc1. The van der Waals surface area contributed by atoms with Crippen LogP contribution < -0.4 is 0 Å². The van der Waals surface area contributed by atoms with Gasteiger partial charge in [-0.05, 0) is 30.4 Å². The topological polar surface area (TPSA) is 66.8 Å². The van der Waals surface area contributed by atoms with Gasteiger partial charge in [0.2, 0.25) is 0 Å². The molecule has 1 aromatic carbocycles. The van der Waals surface area contributed by atoms with Crippen molar-refractivity contribution in [1.29, 1.82) is 0 Å². The molecule has 0 aliphatic carbocycles. The zero-order chi connectivity index (χ0) is 14.4. The van der Waals surface area contributed by atoms with Crippen molar-refractivity contribution in [2.75, 3.05) is 6.61 Å². The van der Waals surface area contributed by atoms with Crippen LogP contribution in [0.2, 0.25) is 0 Å². The summed E-state index contributed by atoms with van der Waals surface area (Å²) in [5.74, 6) is -0.248. The summed E-state index contributed by atoms with van der Waals surface area (Å²) in [5.41, 5.74) is 1.67. The standard InChI is InChI=1S/C15H22O4/c1-4-19-15(18)14(17)13(16)12-7-5-11(6-8-12)9-10(2)3/h5-8,10,13-14,16-17H,4,9H2,1-3H3. The van der Waals surface area contributed by atoms with Crippen LogP contribution in [0.4, 0.5) is 0 Å². The summed E-state index contributed by atoms with van der Waals surface area (Å²) in [6.07, 6.45) is -1.85. The summed E-state index contributed by atoms with van der Waals surface area (Å²) in [5, 5.41) is 19.6. The van der Waals surface area contributed by atoms with Crippen molar-refractivity contribution < 1.29 is 19.7 Å². The minimum atomic E-state index is -1.55. The van der Waals surface area contributed by atoms with Crippen LogP contribution in [0, 0.1) is 5.92 Å². The van der Waals surface area contributed by atoms with Gasteiger partial charge >= 0.3 is 5.97 Å². The van der Waals surface area contributed by atoms with E-state index >= 15 is 0 Å². The fourth-order valence-electron chi connectivity index (χ4n) is 1.86. The Morgan fingerprint density at radius 1 is 1.21 bits per heavy atom. The Morgan fingerprint density at radius 3 is 2.26 bits per heavy atom. The van der Waals surface area contributed by atoms with E-state index < -0.39 is 18.2 Å². The number of aliphatic hydroxyl groups excluding tert-OH is 2. The van der Waals surface area contributed by atoms with Crippen LogP contribution in [0.15, 0.2) is 24.3 Å². The Kier molecular flexibility index (Phi) is 5.99. The van der Waals surface area contributed by atoms with E-state index in [1.54, 1.807) is 19.1 Å². The summed E-state index contributed by atoms with van der Waals surface area (Å²) in [7, 11) is 0. The molecular weight excluding hydrogens is 244 g/mol. The van der Waals surface area contributed by atoms with Gasteiger partial charge in [-0.2, -0.15) is 0 Å². The molecule has 0 aliphatic heterocycles. The third-order valence-electron chi connectivity index (χ3n) is 2.79. The van der Waals surface area contributed by atoms with Crippen molar-refractivity contribution in [2.24, 2.45) is 5.92 Å². The van der Waals surface area contributed by atoms with Gasteiger partial charge in [-0.25, -0.2) is 4.79 Å². The first-order chi connectivity index (χ1) is 8.95. The average Bonchev–Trinajstić information content (AvgIpc) is 2.37. The smallest absolute Gasteiger partial charge is 0.338 e. The van der Waals surface area contributed by atoms with Crippen molar-refractivity contribution >= 4 is 5.97 Å². The number of carbonyl (C=O) groups excluding carboxylic acids is 1. The second kappa shape index (κ2) is 7.26. The Hall–Kier alpha value is -1.39. The van der Waals surface area contributed by atoms with E-state index in [-0.39, 0.29) is 6.61 Å². The molecule has 0 radical (unpaired) electrons. The van der Waals surface area contributed by atoms with Crippen molar-refractivity contribution in [3.63, 3.8) is 0 Å². The summed E-state index contributed by atoms with van der Waals surface area (Å²) in [6.45, 7) is 6.09. The molecule has 0 aliphatic rings. The number of hydrogen-bond acceptors (Lipinski definition) is 4. The molecule has 106 valence electrons. The van der Waals surface area contributed by atoms with Crippen LogP contribution in [-0.2, 0) is 16.0 Å². The fourth-order valence-corrected chi connectivity index (χ4v) is 1.86. The largest absolute Gasteiger partial charge is 0.464 e. The van der Waals surface area contributed by atoms with Crippen LogP contribution in [0.25, 0.3) is 0 Å². The lowest BCUT2D eigenvalue weighted by Crippen LogP contribution is -2.29. The molecule has 0 fully saturated rings. The number of aliphatic hydroxyl groups is 2. The van der Waals surface area contributed by atoms with Gasteiger partial charge in [0, 0.05) is 0 Å². The third-order valence-corrected chi connectivity index (χ3v) is 2.79. The minimum absolute atomic E-state index is 0.177. The Morgan fingerprint density at radius 2 is 1.79 bits per heavy atom. The zero-order valence-electron chi connectivity index (χ0n) is 11.7. The molecule has 1 aromatic rings. The van der Waals surface area contributed by atoms with E-state index in [1.807, 2.05) is 12.1 Å². The lowest BCUT2D eigenvalue weighted by atomic mass is 9.98. The molecule has 19 heavy (non-hydrogen) atoms. The van der Waals surface area contributed by atoms with Crippen molar-refractivity contribution in [3.8, 4) is 0 Å². The summed E-state index contributed by atoms with van der Waals surface area (Å²) in [4.78, 5) is 11.3. The highest BCUT2D eigenvalue weighted by atomic mass is 16.5. The quantitative estimate of drug-likeness (QED) is 0.771. The van der Waals surface area contributed by atoms with Crippen molar-refractivity contribution in [1.82, 2.24) is 0 Å². The molecule has 2 atom stereocenters. The van der Waals surface area contributed by atoms with E-state index in [0.29, 0.717) is 11.5 Å². The van der Waals surface area contributed by atoms with Gasteiger partial charge in [0.1, 0.15) is 6.10 Å². The van der Waals surface area contributed by atoms with E-state index in [4.69, 9.17) is 0 Å². The highest BCUT2D eigenvalue weighted by Gasteiger charge is 2.26. The van der Waals surface area contributed by atoms with Gasteiger partial charge in [-0.3, -0.25) is 0 Å². The first-order valence-corrected chi connectivity index (χ1v) is 6.57. The van der Waals surface area contributed by atoms with Crippen LogP contribution in [0.5, 0.6) is 0 Å². The van der Waals surface area contributed by atoms with E-state index in [2.05, 4.69) is 18.6 Å². The maximum absolute atomic E-state index is 11.3. The van der Waals surface area contributed by atoms with Crippen molar-refractivity contribution in [2.45, 2.75) is 39.4 Å². The second-order valence-corrected chi connectivity index (χ2v) is 4.98. The van der Waals surface area contributed by atoms with E-state index in [1.165, 1.54) is 0 Å². The molecule has 0 saturated carbocycles. The molecule has 0 aromatic heterocycles. The average molecular weight is 266 g/mol. The molecule has 0 amide bonds. The molecular formula is C15H22O4. The normalized spacial score (nSPS) is 14.2. The summed E-state index contributed by atoms with van der Waals surface area (Å²) >= 11 is 0. The van der Waals surface area contributed by atoms with Gasteiger partial charge in [-0.15, -0.1) is 0 Å². The molecule has 2 N–H and O–H groups in total. The summed E-state index contributed by atoms with van der Waals surface area (Å²) in [6, 6.07) is 7.25. The van der Waals surface area contributed by atoms with Crippen molar-refractivity contribution in [3.05, 3.63) is 35.4 Å². The number of carbonyl (C=O) groups is 1. The molecule has 0 heterocycles. The second-order valence-electron chi connectivity index (χ2n) is 4.98. The lowest BCUT2D eigenvalue weighted by molar-refractivity contribution is -0.159. The maximum atomic E-state index is 11.3. The fraction of sp³-hybridized carbons (Fsp3) is 0.533. The Labute approximate surface area is 114 Å². The first-order valence-electron chi connectivity index (χ1n) is 6.57. The molecule has 4 nitrogen and oxygen atoms in total. The Balaban J connectivity index is 2.71. The first kappa shape index (κ1) is 15.7. The van der Waals surface area contributed by atoms with Gasteiger partial charge in [0.25, 0.3) is 0 Å². The van der Waals surface area contributed by atoms with E-state index in [9.17, 15) is 15.0 Å². The van der Waals surface area contributed by atoms with Crippen LogP contribution in [0.1, 0.15) is 38.0 Å². The molecule has 2 unspecified atom stereocenters. The maximum Gasteiger partial charge on any atom is 0.338 e.